The smallest absolute Gasteiger partial charge is 0.261 e. The Morgan fingerprint density at radius 2 is 2.27 bits per heavy atom. The van der Waals surface area contributed by atoms with Gasteiger partial charge in [-0.25, -0.2) is 9.97 Å². The number of halogens is 2. The van der Waals surface area contributed by atoms with E-state index in [1.165, 1.54) is 18.0 Å². The summed E-state index contributed by atoms with van der Waals surface area (Å²) in [5.74, 6) is 0. The largest absolute Gasteiger partial charge is 0.301 e. The average molecular weight is 264 g/mol. The zero-order valence-corrected chi connectivity index (χ0v) is 10.0. The van der Waals surface area contributed by atoms with Crippen LogP contribution in [0.25, 0.3) is 11.0 Å². The van der Waals surface area contributed by atoms with Gasteiger partial charge in [0.05, 0.1) is 10.4 Å². The first-order valence-corrected chi connectivity index (χ1v) is 5.40. The van der Waals surface area contributed by atoms with Crippen molar-refractivity contribution in [3.05, 3.63) is 27.6 Å². The summed E-state index contributed by atoms with van der Waals surface area (Å²) in [6.45, 7) is 0. The molecule has 0 unspecified atom stereocenters. The van der Waals surface area contributed by atoms with Gasteiger partial charge in [-0.15, -0.1) is 12.4 Å². The number of aromatic amines is 1. The van der Waals surface area contributed by atoms with E-state index < -0.39 is 0 Å². The second-order valence-corrected chi connectivity index (χ2v) is 3.83. The normalized spacial score (nSPS) is 10.0. The molecule has 0 aliphatic carbocycles. The number of fused-ring (bicyclic) bond motifs is 1. The van der Waals surface area contributed by atoms with Gasteiger partial charge in [-0.2, -0.15) is 0 Å². The Labute approximate surface area is 101 Å². The molecule has 0 aromatic carbocycles. The standard InChI is InChI=1S/C8H6ClN3OS.ClH/c1-14-8-11-6-5(7(13)12-8)2-4(9)3-10-6;/h2-3H,1H3,(H,10,11,12,13);1H. The highest BCUT2D eigenvalue weighted by Crippen LogP contribution is 2.13. The molecule has 0 bridgehead atoms. The molecule has 7 heteroatoms. The maximum absolute atomic E-state index is 11.5. The predicted octanol–water partition coefficient (Wildman–Crippen LogP) is 2.12. The van der Waals surface area contributed by atoms with Gasteiger partial charge in [-0.3, -0.25) is 4.79 Å². The highest BCUT2D eigenvalue weighted by molar-refractivity contribution is 7.98. The molecule has 80 valence electrons. The van der Waals surface area contributed by atoms with Crippen LogP contribution in [-0.2, 0) is 0 Å². The molecule has 1 N–H and O–H groups in total. The van der Waals surface area contributed by atoms with E-state index >= 15 is 0 Å². The lowest BCUT2D eigenvalue weighted by Crippen LogP contribution is -2.09. The van der Waals surface area contributed by atoms with Crippen molar-refractivity contribution in [1.82, 2.24) is 15.0 Å². The molecule has 0 spiro atoms. The third-order valence-corrected chi connectivity index (χ3v) is 2.49. The van der Waals surface area contributed by atoms with Gasteiger partial charge in [0.25, 0.3) is 5.56 Å². The predicted molar refractivity (Wildman–Crippen MR) is 64.2 cm³/mol. The molecule has 15 heavy (non-hydrogen) atoms. The van der Waals surface area contributed by atoms with E-state index in [9.17, 15) is 4.79 Å². The van der Waals surface area contributed by atoms with E-state index in [1.807, 2.05) is 6.26 Å². The van der Waals surface area contributed by atoms with Crippen LogP contribution in [-0.4, -0.2) is 21.2 Å². The lowest BCUT2D eigenvalue weighted by molar-refractivity contribution is 0.964. The van der Waals surface area contributed by atoms with Crippen LogP contribution in [0.1, 0.15) is 0 Å². The molecule has 2 aromatic heterocycles. The number of aromatic nitrogens is 3. The van der Waals surface area contributed by atoms with E-state index in [0.29, 0.717) is 21.2 Å². The van der Waals surface area contributed by atoms with Crippen LogP contribution in [0.15, 0.2) is 22.2 Å². The number of nitrogens with one attached hydrogen (secondary N) is 1. The van der Waals surface area contributed by atoms with E-state index in [0.717, 1.165) is 0 Å². The second-order valence-electron chi connectivity index (χ2n) is 2.60. The summed E-state index contributed by atoms with van der Waals surface area (Å²) in [5.41, 5.74) is 0.205. The van der Waals surface area contributed by atoms with Crippen LogP contribution < -0.4 is 5.56 Å². The topological polar surface area (TPSA) is 58.6 Å². The molecule has 0 radical (unpaired) electrons. The summed E-state index contributed by atoms with van der Waals surface area (Å²) in [6.07, 6.45) is 3.31. The fraction of sp³-hybridized carbons (Fsp3) is 0.125. The first-order valence-electron chi connectivity index (χ1n) is 3.80. The van der Waals surface area contributed by atoms with Gasteiger partial charge in [-0.05, 0) is 12.3 Å². The van der Waals surface area contributed by atoms with Gasteiger partial charge in [0.2, 0.25) is 0 Å². The molecule has 0 atom stereocenters. The molecule has 2 rings (SSSR count). The maximum atomic E-state index is 11.5. The number of rotatable bonds is 1. The summed E-state index contributed by atoms with van der Waals surface area (Å²) in [5, 5.41) is 1.40. The Balaban J connectivity index is 0.00000112. The number of nitrogens with zero attached hydrogens (tertiary/aromatic N) is 2. The van der Waals surface area contributed by atoms with Crippen molar-refractivity contribution in [3.63, 3.8) is 0 Å². The van der Waals surface area contributed by atoms with Gasteiger partial charge in [0.15, 0.2) is 10.8 Å². The summed E-state index contributed by atoms with van der Waals surface area (Å²) >= 11 is 7.08. The molecule has 0 amide bonds. The molecular weight excluding hydrogens is 257 g/mol. The maximum Gasteiger partial charge on any atom is 0.261 e. The Bertz CT molecular complexity index is 543. The van der Waals surface area contributed by atoms with Crippen LogP contribution in [0.5, 0.6) is 0 Å². The van der Waals surface area contributed by atoms with Gasteiger partial charge in [0, 0.05) is 6.20 Å². The van der Waals surface area contributed by atoms with Crippen LogP contribution in [0.4, 0.5) is 0 Å². The summed E-state index contributed by atoms with van der Waals surface area (Å²) in [6, 6.07) is 1.56. The molecule has 2 heterocycles. The van der Waals surface area contributed by atoms with Crippen LogP contribution in [0, 0.1) is 0 Å². The Morgan fingerprint density at radius 1 is 1.53 bits per heavy atom. The van der Waals surface area contributed by atoms with Crippen LogP contribution in [0.3, 0.4) is 0 Å². The number of thioether (sulfide) groups is 1. The molecule has 0 saturated heterocycles. The van der Waals surface area contributed by atoms with Crippen LogP contribution in [0.2, 0.25) is 5.02 Å². The van der Waals surface area contributed by atoms with E-state index in [-0.39, 0.29) is 18.0 Å². The Hall–Kier alpha value is -0.780. The van der Waals surface area contributed by atoms with Crippen molar-refractivity contribution < 1.29 is 0 Å². The molecule has 0 saturated carbocycles. The zero-order valence-electron chi connectivity index (χ0n) is 7.65. The summed E-state index contributed by atoms with van der Waals surface area (Å²) in [4.78, 5) is 22.2. The molecule has 4 nitrogen and oxygen atoms in total. The summed E-state index contributed by atoms with van der Waals surface area (Å²) in [7, 11) is 0. The SMILES string of the molecule is CSc1nc2ncc(Cl)cc2c(=O)[nH]1.Cl. The first-order chi connectivity index (χ1) is 6.70. The third kappa shape index (κ3) is 2.42. The molecule has 0 fully saturated rings. The van der Waals surface area contributed by atoms with Gasteiger partial charge < -0.3 is 4.98 Å². The molecular formula is C8H7Cl2N3OS. The number of H-pyrrole nitrogens is 1. The summed E-state index contributed by atoms with van der Waals surface area (Å²) < 4.78 is 0. The quantitative estimate of drug-likeness (QED) is 0.633. The number of hydrogen-bond donors (Lipinski definition) is 1. The van der Waals surface area contributed by atoms with Crippen molar-refractivity contribution in [1.29, 1.82) is 0 Å². The zero-order chi connectivity index (χ0) is 10.1. The fourth-order valence-corrected chi connectivity index (χ4v) is 1.60. The van der Waals surface area contributed by atoms with Crippen molar-refractivity contribution in [2.45, 2.75) is 5.16 Å². The molecule has 2 aromatic rings. The van der Waals surface area contributed by atoms with Crippen molar-refractivity contribution in [3.8, 4) is 0 Å². The van der Waals surface area contributed by atoms with Crippen molar-refractivity contribution in [2.75, 3.05) is 6.26 Å². The molecule has 0 aliphatic rings. The van der Waals surface area contributed by atoms with Crippen LogP contribution >= 0.6 is 35.8 Å². The van der Waals surface area contributed by atoms with E-state index in [2.05, 4.69) is 15.0 Å². The minimum absolute atomic E-state index is 0. The minimum atomic E-state index is -0.214. The minimum Gasteiger partial charge on any atom is -0.301 e. The van der Waals surface area contributed by atoms with Gasteiger partial charge in [-0.1, -0.05) is 23.4 Å². The first kappa shape index (κ1) is 12.3. The number of hydrogen-bond acceptors (Lipinski definition) is 4. The van der Waals surface area contributed by atoms with Gasteiger partial charge >= 0.3 is 0 Å². The third-order valence-electron chi connectivity index (χ3n) is 1.70. The Morgan fingerprint density at radius 3 is 2.93 bits per heavy atom. The monoisotopic (exact) mass is 263 g/mol. The lowest BCUT2D eigenvalue weighted by Gasteiger charge is -1.98. The van der Waals surface area contributed by atoms with Crippen molar-refractivity contribution >= 4 is 46.8 Å². The highest BCUT2D eigenvalue weighted by Gasteiger charge is 2.04. The second kappa shape index (κ2) is 4.83. The van der Waals surface area contributed by atoms with E-state index in [4.69, 9.17) is 11.6 Å². The highest BCUT2D eigenvalue weighted by atomic mass is 35.5. The van der Waals surface area contributed by atoms with Gasteiger partial charge in [0.1, 0.15) is 0 Å². The average Bonchev–Trinajstić information content (AvgIpc) is 2.19. The lowest BCUT2D eigenvalue weighted by atomic mass is 10.3. The number of pyridine rings is 1. The molecule has 0 aliphatic heterocycles. The fourth-order valence-electron chi connectivity index (χ4n) is 1.07. The van der Waals surface area contributed by atoms with Crippen molar-refractivity contribution in [2.24, 2.45) is 0 Å². The van der Waals surface area contributed by atoms with E-state index in [1.54, 1.807) is 6.07 Å². The Kier molecular flexibility index (Phi) is 3.96.